The summed E-state index contributed by atoms with van der Waals surface area (Å²) in [7, 11) is 0. The lowest BCUT2D eigenvalue weighted by molar-refractivity contribution is -0.124. The Labute approximate surface area is 143 Å². The molecule has 0 aliphatic rings. The van der Waals surface area contributed by atoms with Gasteiger partial charge in [0.15, 0.2) is 5.58 Å². The number of nitrogens with zero attached hydrogens (tertiary/aromatic N) is 1. The van der Waals surface area contributed by atoms with Crippen molar-refractivity contribution in [1.82, 2.24) is 14.9 Å². The highest BCUT2D eigenvalue weighted by molar-refractivity contribution is 5.82. The van der Waals surface area contributed by atoms with Gasteiger partial charge in [0.25, 0.3) is 5.56 Å². The second kappa shape index (κ2) is 6.43. The number of amides is 1. The summed E-state index contributed by atoms with van der Waals surface area (Å²) in [5, 5.41) is 2.72. The summed E-state index contributed by atoms with van der Waals surface area (Å²) in [5.74, 6) is -0.957. The average molecular weight is 341 g/mol. The molecule has 0 aliphatic carbocycles. The lowest BCUT2D eigenvalue weighted by Gasteiger charge is -2.14. The fourth-order valence-corrected chi connectivity index (χ4v) is 2.89. The molecule has 0 bridgehead atoms. The molecule has 0 saturated carbocycles. The Balaban J connectivity index is 1.83. The number of benzene rings is 1. The molecule has 3 rings (SSSR count). The van der Waals surface area contributed by atoms with Crippen LogP contribution in [0.5, 0.6) is 0 Å². The topological polar surface area (TPSA) is 97.1 Å². The Morgan fingerprint density at radius 3 is 2.72 bits per heavy atom. The monoisotopic (exact) mass is 341 g/mol. The maximum Gasteiger partial charge on any atom is 0.420 e. The van der Waals surface area contributed by atoms with E-state index in [1.165, 1.54) is 4.57 Å². The first kappa shape index (κ1) is 16.8. The molecule has 1 atom stereocenters. The minimum Gasteiger partial charge on any atom is -0.408 e. The highest BCUT2D eigenvalue weighted by Crippen LogP contribution is 2.16. The predicted octanol–water partition coefficient (Wildman–Crippen LogP) is 1.78. The van der Waals surface area contributed by atoms with Crippen LogP contribution in [-0.4, -0.2) is 15.5 Å². The molecule has 130 valence electrons. The van der Waals surface area contributed by atoms with Crippen molar-refractivity contribution < 1.29 is 9.21 Å². The summed E-state index contributed by atoms with van der Waals surface area (Å²) in [6.45, 7) is 5.33. The molecule has 0 fully saturated rings. The molecule has 7 heteroatoms. The van der Waals surface area contributed by atoms with E-state index < -0.39 is 11.8 Å². The number of oxazole rings is 1. The zero-order valence-electron chi connectivity index (χ0n) is 14.3. The molecule has 0 saturated heterocycles. The van der Waals surface area contributed by atoms with Crippen LogP contribution in [-0.2, 0) is 11.3 Å². The van der Waals surface area contributed by atoms with E-state index in [0.29, 0.717) is 16.7 Å². The van der Waals surface area contributed by atoms with Crippen LogP contribution in [0.2, 0.25) is 0 Å². The third-order valence-corrected chi connectivity index (χ3v) is 4.22. The number of nitrogens with one attached hydrogen (secondary N) is 2. The molecule has 1 aromatic carbocycles. The molecule has 1 amide bonds. The maximum atomic E-state index is 12.5. The lowest BCUT2D eigenvalue weighted by atomic mass is 10.1. The quantitative estimate of drug-likeness (QED) is 0.756. The van der Waals surface area contributed by atoms with E-state index in [1.807, 2.05) is 13.0 Å². The summed E-state index contributed by atoms with van der Waals surface area (Å²) in [6, 6.07) is 8.01. The largest absolute Gasteiger partial charge is 0.420 e. The van der Waals surface area contributed by atoms with Crippen LogP contribution in [0.3, 0.4) is 0 Å². The molecule has 25 heavy (non-hydrogen) atoms. The molecule has 0 radical (unpaired) electrons. The molecular formula is C18H19N3O4. The van der Waals surface area contributed by atoms with Gasteiger partial charge in [-0.1, -0.05) is 12.1 Å². The Hall–Kier alpha value is -3.09. The van der Waals surface area contributed by atoms with E-state index in [2.05, 4.69) is 10.3 Å². The Morgan fingerprint density at radius 1 is 1.28 bits per heavy atom. The fraction of sp³-hybridized carbons (Fsp3) is 0.278. The first-order valence-electron chi connectivity index (χ1n) is 7.95. The van der Waals surface area contributed by atoms with Crippen molar-refractivity contribution in [3.05, 3.63) is 68.1 Å². The van der Waals surface area contributed by atoms with E-state index >= 15 is 0 Å². The van der Waals surface area contributed by atoms with Gasteiger partial charge in [-0.15, -0.1) is 0 Å². The zero-order chi connectivity index (χ0) is 18.1. The number of fused-ring (bicyclic) bond motifs is 1. The van der Waals surface area contributed by atoms with Crippen molar-refractivity contribution in [1.29, 1.82) is 0 Å². The standard InChI is InChI=1S/C18H19N3O4/c1-10-8-11(2)20-17(23)13(10)9-19-16(22)12(3)21-14-6-4-5-7-15(14)25-18(21)24/h4-8,12H,9H2,1-3H3,(H,19,22)(H,20,23). The van der Waals surface area contributed by atoms with Gasteiger partial charge < -0.3 is 14.7 Å². The van der Waals surface area contributed by atoms with Gasteiger partial charge in [0, 0.05) is 17.8 Å². The molecular weight excluding hydrogens is 322 g/mol. The number of H-pyrrole nitrogens is 1. The van der Waals surface area contributed by atoms with E-state index in [4.69, 9.17) is 4.42 Å². The molecule has 0 aliphatic heterocycles. The van der Waals surface area contributed by atoms with Gasteiger partial charge in [-0.2, -0.15) is 0 Å². The number of aryl methyl sites for hydroxylation is 2. The zero-order valence-corrected chi connectivity index (χ0v) is 14.3. The Bertz CT molecular complexity index is 1060. The Morgan fingerprint density at radius 2 is 2.00 bits per heavy atom. The molecule has 2 heterocycles. The van der Waals surface area contributed by atoms with Gasteiger partial charge in [-0.25, -0.2) is 4.79 Å². The first-order chi connectivity index (χ1) is 11.9. The Kier molecular flexibility index (Phi) is 4.31. The number of aromatic amines is 1. The molecule has 3 aromatic rings. The van der Waals surface area contributed by atoms with Crippen molar-refractivity contribution >= 4 is 17.0 Å². The van der Waals surface area contributed by atoms with Crippen LogP contribution in [0.25, 0.3) is 11.1 Å². The maximum absolute atomic E-state index is 12.5. The molecule has 2 aromatic heterocycles. The number of carbonyl (C=O) groups excluding carboxylic acids is 1. The molecule has 1 unspecified atom stereocenters. The molecule has 0 spiro atoms. The van der Waals surface area contributed by atoms with E-state index in [-0.39, 0.29) is 18.0 Å². The van der Waals surface area contributed by atoms with E-state index in [0.717, 1.165) is 11.3 Å². The number of rotatable bonds is 4. The number of para-hydroxylation sites is 2. The third kappa shape index (κ3) is 3.13. The SMILES string of the molecule is Cc1cc(C)c(CNC(=O)C(C)n2c(=O)oc3ccccc32)c(=O)[nH]1. The summed E-state index contributed by atoms with van der Waals surface area (Å²) < 4.78 is 6.46. The number of hydrogen-bond acceptors (Lipinski definition) is 4. The summed E-state index contributed by atoms with van der Waals surface area (Å²) in [5.41, 5.74) is 2.83. The summed E-state index contributed by atoms with van der Waals surface area (Å²) in [4.78, 5) is 39.3. The highest BCUT2D eigenvalue weighted by Gasteiger charge is 2.21. The number of aromatic nitrogens is 2. The second-order valence-electron chi connectivity index (χ2n) is 6.04. The van der Waals surface area contributed by atoms with Gasteiger partial charge in [-0.05, 0) is 44.5 Å². The second-order valence-corrected chi connectivity index (χ2v) is 6.04. The van der Waals surface area contributed by atoms with Crippen LogP contribution >= 0.6 is 0 Å². The predicted molar refractivity (Wildman–Crippen MR) is 93.6 cm³/mol. The van der Waals surface area contributed by atoms with Crippen LogP contribution < -0.4 is 16.6 Å². The van der Waals surface area contributed by atoms with Gasteiger partial charge in [0.1, 0.15) is 6.04 Å². The van der Waals surface area contributed by atoms with Crippen molar-refractivity contribution in [2.75, 3.05) is 0 Å². The minimum absolute atomic E-state index is 0.0924. The molecule has 7 nitrogen and oxygen atoms in total. The fourth-order valence-electron chi connectivity index (χ4n) is 2.89. The molecule has 2 N–H and O–H groups in total. The summed E-state index contributed by atoms with van der Waals surface area (Å²) >= 11 is 0. The number of hydrogen-bond donors (Lipinski definition) is 2. The van der Waals surface area contributed by atoms with Crippen LogP contribution in [0.4, 0.5) is 0 Å². The third-order valence-electron chi connectivity index (χ3n) is 4.22. The number of carbonyl (C=O) groups is 1. The first-order valence-corrected chi connectivity index (χ1v) is 7.95. The van der Waals surface area contributed by atoms with Crippen molar-refractivity contribution in [2.24, 2.45) is 0 Å². The van der Waals surface area contributed by atoms with Crippen LogP contribution in [0, 0.1) is 13.8 Å². The number of pyridine rings is 1. The van der Waals surface area contributed by atoms with E-state index in [1.54, 1.807) is 38.1 Å². The van der Waals surface area contributed by atoms with Crippen molar-refractivity contribution in [3.63, 3.8) is 0 Å². The minimum atomic E-state index is -0.763. The smallest absolute Gasteiger partial charge is 0.408 e. The summed E-state index contributed by atoms with van der Waals surface area (Å²) in [6.07, 6.45) is 0. The lowest BCUT2D eigenvalue weighted by Crippen LogP contribution is -2.35. The van der Waals surface area contributed by atoms with Crippen LogP contribution in [0.1, 0.15) is 29.8 Å². The van der Waals surface area contributed by atoms with Gasteiger partial charge in [0.2, 0.25) is 5.91 Å². The van der Waals surface area contributed by atoms with Gasteiger partial charge in [-0.3, -0.25) is 14.2 Å². The highest BCUT2D eigenvalue weighted by atomic mass is 16.4. The average Bonchev–Trinajstić information content (AvgIpc) is 2.88. The van der Waals surface area contributed by atoms with Gasteiger partial charge >= 0.3 is 5.76 Å². The van der Waals surface area contributed by atoms with Gasteiger partial charge in [0.05, 0.1) is 5.52 Å². The van der Waals surface area contributed by atoms with E-state index in [9.17, 15) is 14.4 Å². The van der Waals surface area contributed by atoms with Crippen LogP contribution in [0.15, 0.2) is 44.3 Å². The van der Waals surface area contributed by atoms with Crippen molar-refractivity contribution in [2.45, 2.75) is 33.4 Å². The van der Waals surface area contributed by atoms with Crippen molar-refractivity contribution in [3.8, 4) is 0 Å². The normalized spacial score (nSPS) is 12.3.